The van der Waals surface area contributed by atoms with Gasteiger partial charge in [-0.15, -0.1) is 6.58 Å². The van der Waals surface area contributed by atoms with Crippen LogP contribution in [0.1, 0.15) is 11.3 Å². The van der Waals surface area contributed by atoms with E-state index in [-0.39, 0.29) is 6.03 Å². The van der Waals surface area contributed by atoms with E-state index in [0.29, 0.717) is 19.6 Å². The molecule has 0 atom stereocenters. The van der Waals surface area contributed by atoms with Gasteiger partial charge < -0.3 is 10.2 Å². The zero-order valence-corrected chi connectivity index (χ0v) is 13.1. The lowest BCUT2D eigenvalue weighted by molar-refractivity contribution is 0.193. The molecule has 0 bridgehead atoms. The molecule has 0 unspecified atom stereocenters. The molecule has 3 heterocycles. The van der Waals surface area contributed by atoms with Crippen LogP contribution in [0.3, 0.4) is 0 Å². The van der Waals surface area contributed by atoms with Gasteiger partial charge in [-0.2, -0.15) is 0 Å². The Labute approximate surface area is 131 Å². The minimum atomic E-state index is -0.0620. The monoisotopic (exact) mass is 346 g/mol. The number of hydrogen-bond donors (Lipinski definition) is 1. The first-order valence-corrected chi connectivity index (χ1v) is 7.54. The number of urea groups is 1. The number of halogens is 1. The number of nitrogens with zero attached hydrogens (tertiary/aromatic N) is 3. The minimum absolute atomic E-state index is 0.0620. The Hall–Kier alpha value is -1.95. The zero-order chi connectivity index (χ0) is 14.8. The smallest absolute Gasteiger partial charge is 0.317 e. The van der Waals surface area contributed by atoms with E-state index in [1.54, 1.807) is 17.2 Å². The fraction of sp³-hybridized carbons (Fsp3) is 0.267. The van der Waals surface area contributed by atoms with Crippen molar-refractivity contribution in [3.05, 3.63) is 46.7 Å². The molecule has 1 aliphatic heterocycles. The van der Waals surface area contributed by atoms with Crippen molar-refractivity contribution >= 4 is 33.0 Å². The second-order valence-corrected chi connectivity index (χ2v) is 5.86. The number of aromatic nitrogens is 2. The van der Waals surface area contributed by atoms with E-state index in [2.05, 4.69) is 43.9 Å². The van der Waals surface area contributed by atoms with Crippen LogP contribution in [0.25, 0.3) is 11.0 Å². The van der Waals surface area contributed by atoms with Crippen molar-refractivity contribution in [1.29, 1.82) is 0 Å². The van der Waals surface area contributed by atoms with E-state index in [1.807, 2.05) is 6.07 Å². The van der Waals surface area contributed by atoms with Crippen LogP contribution >= 0.6 is 15.9 Å². The number of fused-ring (bicyclic) bond motifs is 2. The first kappa shape index (κ1) is 14.0. The molecule has 21 heavy (non-hydrogen) atoms. The third-order valence-corrected chi connectivity index (χ3v) is 3.90. The van der Waals surface area contributed by atoms with Gasteiger partial charge in [0.2, 0.25) is 0 Å². The van der Waals surface area contributed by atoms with Gasteiger partial charge in [-0.25, -0.2) is 14.8 Å². The summed E-state index contributed by atoms with van der Waals surface area (Å²) in [6.45, 7) is 5.33. The van der Waals surface area contributed by atoms with Crippen molar-refractivity contribution in [3.63, 3.8) is 0 Å². The van der Waals surface area contributed by atoms with Crippen molar-refractivity contribution < 1.29 is 4.79 Å². The highest BCUT2D eigenvalue weighted by molar-refractivity contribution is 9.10. The van der Waals surface area contributed by atoms with Crippen LogP contribution in [0.4, 0.5) is 4.79 Å². The molecule has 0 spiro atoms. The van der Waals surface area contributed by atoms with Gasteiger partial charge in [0.1, 0.15) is 0 Å². The van der Waals surface area contributed by atoms with E-state index < -0.39 is 0 Å². The standard InChI is InChI=1S/C15H15BrN4O/c1-2-4-17-15(21)20-5-3-13-11(9-20)6-10-7-12(16)8-18-14(10)19-13/h2,6-8H,1,3-5,9H2,(H,17,21). The largest absolute Gasteiger partial charge is 0.335 e. The number of pyridine rings is 2. The van der Waals surface area contributed by atoms with E-state index >= 15 is 0 Å². The average Bonchev–Trinajstić information content (AvgIpc) is 2.50. The van der Waals surface area contributed by atoms with Crippen LogP contribution in [0.15, 0.2) is 35.5 Å². The van der Waals surface area contributed by atoms with Gasteiger partial charge >= 0.3 is 6.03 Å². The molecule has 1 aliphatic rings. The van der Waals surface area contributed by atoms with Crippen LogP contribution in [0.2, 0.25) is 0 Å². The molecule has 0 radical (unpaired) electrons. The van der Waals surface area contributed by atoms with Crippen molar-refractivity contribution in [2.75, 3.05) is 13.1 Å². The molecule has 1 N–H and O–H groups in total. The SMILES string of the molecule is C=CCNC(=O)N1CCc2nc3ncc(Br)cc3cc2C1. The van der Waals surface area contributed by atoms with Crippen LogP contribution in [-0.2, 0) is 13.0 Å². The van der Waals surface area contributed by atoms with E-state index in [0.717, 1.165) is 33.2 Å². The lowest BCUT2D eigenvalue weighted by Crippen LogP contribution is -2.43. The molecule has 5 nitrogen and oxygen atoms in total. The Morgan fingerprint density at radius 1 is 1.52 bits per heavy atom. The molecule has 6 heteroatoms. The molecule has 0 fully saturated rings. The summed E-state index contributed by atoms with van der Waals surface area (Å²) in [6, 6.07) is 4.00. The number of nitrogens with one attached hydrogen (secondary N) is 1. The van der Waals surface area contributed by atoms with Gasteiger partial charge in [-0.05, 0) is 33.6 Å². The van der Waals surface area contributed by atoms with Crippen LogP contribution < -0.4 is 5.32 Å². The summed E-state index contributed by atoms with van der Waals surface area (Å²) in [7, 11) is 0. The van der Waals surface area contributed by atoms with Gasteiger partial charge in [0.25, 0.3) is 0 Å². The van der Waals surface area contributed by atoms with Crippen LogP contribution in [-0.4, -0.2) is 34.0 Å². The average molecular weight is 347 g/mol. The molecular formula is C15H15BrN4O. The highest BCUT2D eigenvalue weighted by Crippen LogP contribution is 2.23. The maximum Gasteiger partial charge on any atom is 0.317 e. The van der Waals surface area contributed by atoms with Crippen molar-refractivity contribution in [3.8, 4) is 0 Å². The first-order valence-electron chi connectivity index (χ1n) is 6.75. The summed E-state index contributed by atoms with van der Waals surface area (Å²) in [4.78, 5) is 22.7. The van der Waals surface area contributed by atoms with Crippen molar-refractivity contribution in [1.82, 2.24) is 20.2 Å². The molecule has 108 valence electrons. The summed E-state index contributed by atoms with van der Waals surface area (Å²) in [5.41, 5.74) is 2.87. The Morgan fingerprint density at radius 2 is 2.38 bits per heavy atom. The van der Waals surface area contributed by atoms with E-state index in [9.17, 15) is 4.79 Å². The lowest BCUT2D eigenvalue weighted by atomic mass is 10.0. The Morgan fingerprint density at radius 3 is 3.19 bits per heavy atom. The van der Waals surface area contributed by atoms with Gasteiger partial charge in [0, 0.05) is 47.8 Å². The van der Waals surface area contributed by atoms with Crippen LogP contribution in [0, 0.1) is 0 Å². The Kier molecular flexibility index (Phi) is 3.88. The molecule has 0 saturated heterocycles. The summed E-state index contributed by atoms with van der Waals surface area (Å²) in [6.07, 6.45) is 4.18. The first-order chi connectivity index (χ1) is 10.2. The molecule has 2 amide bonds. The normalized spacial score (nSPS) is 13.9. The number of carbonyl (C=O) groups excluding carboxylic acids is 1. The molecule has 3 rings (SSSR count). The molecule has 2 aromatic heterocycles. The fourth-order valence-corrected chi connectivity index (χ4v) is 2.79. The molecule has 0 aliphatic carbocycles. The third-order valence-electron chi connectivity index (χ3n) is 3.47. The fourth-order valence-electron chi connectivity index (χ4n) is 2.44. The van der Waals surface area contributed by atoms with Gasteiger partial charge in [-0.3, -0.25) is 0 Å². The zero-order valence-electron chi connectivity index (χ0n) is 11.5. The topological polar surface area (TPSA) is 58.1 Å². The summed E-state index contributed by atoms with van der Waals surface area (Å²) >= 11 is 3.42. The van der Waals surface area contributed by atoms with Crippen molar-refractivity contribution in [2.45, 2.75) is 13.0 Å². The predicted octanol–water partition coefficient (Wildman–Crippen LogP) is 2.65. The quantitative estimate of drug-likeness (QED) is 0.850. The molecular weight excluding hydrogens is 332 g/mol. The highest BCUT2D eigenvalue weighted by atomic mass is 79.9. The molecule has 0 saturated carbocycles. The van der Waals surface area contributed by atoms with E-state index in [4.69, 9.17) is 0 Å². The maximum atomic E-state index is 12.0. The van der Waals surface area contributed by atoms with Gasteiger partial charge in [0.15, 0.2) is 5.65 Å². The summed E-state index contributed by atoms with van der Waals surface area (Å²) < 4.78 is 0.924. The predicted molar refractivity (Wildman–Crippen MR) is 84.9 cm³/mol. The van der Waals surface area contributed by atoms with Gasteiger partial charge in [-0.1, -0.05) is 6.08 Å². The molecule has 2 aromatic rings. The Balaban J connectivity index is 1.87. The number of hydrogen-bond acceptors (Lipinski definition) is 3. The molecule has 0 aromatic carbocycles. The van der Waals surface area contributed by atoms with Crippen molar-refractivity contribution in [2.24, 2.45) is 0 Å². The number of carbonyl (C=O) groups is 1. The summed E-state index contributed by atoms with van der Waals surface area (Å²) in [5, 5.41) is 3.79. The minimum Gasteiger partial charge on any atom is -0.335 e. The third kappa shape index (κ3) is 2.90. The lowest BCUT2D eigenvalue weighted by Gasteiger charge is -2.28. The van der Waals surface area contributed by atoms with Crippen LogP contribution in [0.5, 0.6) is 0 Å². The maximum absolute atomic E-state index is 12.0. The number of amides is 2. The number of rotatable bonds is 2. The highest BCUT2D eigenvalue weighted by Gasteiger charge is 2.21. The second-order valence-electron chi connectivity index (χ2n) is 4.94. The second kappa shape index (κ2) is 5.81. The van der Waals surface area contributed by atoms with E-state index in [1.165, 1.54) is 0 Å². The summed E-state index contributed by atoms with van der Waals surface area (Å²) in [5.74, 6) is 0. The van der Waals surface area contributed by atoms with Gasteiger partial charge in [0.05, 0.1) is 0 Å². The Bertz CT molecular complexity index is 716.